The standard InChI is InChI=1S/C25H30N2OS.BrH/c1-19-8-14-23(15-9-19)27(25-26-16-5-17-29-25)18-24(28)22-12-10-21(11-13-22)20-6-3-2-4-7-20;/h8-15,20H,2-7,16-18H2,1H3;1H. The van der Waals surface area contributed by atoms with Crippen LogP contribution < -0.4 is 4.90 Å². The highest BCUT2D eigenvalue weighted by Gasteiger charge is 2.21. The highest BCUT2D eigenvalue weighted by Crippen LogP contribution is 2.32. The molecule has 1 fully saturated rings. The number of hydrogen-bond donors (Lipinski definition) is 0. The number of aliphatic imine (C=N–C) groups is 1. The summed E-state index contributed by atoms with van der Waals surface area (Å²) in [5.41, 5.74) is 4.44. The Morgan fingerprint density at radius 1 is 1.00 bits per heavy atom. The van der Waals surface area contributed by atoms with Crippen molar-refractivity contribution in [3.05, 3.63) is 65.2 Å². The smallest absolute Gasteiger partial charge is 0.182 e. The lowest BCUT2D eigenvalue weighted by atomic mass is 9.84. The molecule has 1 heterocycles. The summed E-state index contributed by atoms with van der Waals surface area (Å²) in [6.45, 7) is 3.26. The quantitative estimate of drug-likeness (QED) is 0.435. The highest BCUT2D eigenvalue weighted by atomic mass is 79.9. The van der Waals surface area contributed by atoms with E-state index in [0.717, 1.165) is 35.1 Å². The van der Waals surface area contributed by atoms with Crippen molar-refractivity contribution in [2.75, 3.05) is 23.7 Å². The number of carbonyl (C=O) groups excluding carboxylic acids is 1. The molecule has 0 unspecified atom stereocenters. The summed E-state index contributed by atoms with van der Waals surface area (Å²) in [4.78, 5) is 19.9. The Morgan fingerprint density at radius 3 is 2.33 bits per heavy atom. The van der Waals surface area contributed by atoms with Crippen LogP contribution >= 0.6 is 28.7 Å². The van der Waals surface area contributed by atoms with Crippen LogP contribution in [0.3, 0.4) is 0 Å². The molecule has 0 saturated heterocycles. The third-order valence-electron chi connectivity index (χ3n) is 5.97. The van der Waals surface area contributed by atoms with Crippen molar-refractivity contribution in [3.63, 3.8) is 0 Å². The van der Waals surface area contributed by atoms with Crippen molar-refractivity contribution in [1.29, 1.82) is 0 Å². The lowest BCUT2D eigenvalue weighted by Gasteiger charge is -2.27. The number of ketones is 1. The SMILES string of the molecule is Br.Cc1ccc(N(CC(=O)c2ccc(C3CCCCC3)cc2)C2=NCCCS2)cc1. The Bertz CT molecular complexity index is 858. The van der Waals surface area contributed by atoms with E-state index in [1.54, 1.807) is 11.8 Å². The molecular weight excluding hydrogens is 456 g/mol. The van der Waals surface area contributed by atoms with Crippen LogP contribution in [0.2, 0.25) is 0 Å². The zero-order valence-electron chi connectivity index (χ0n) is 17.7. The van der Waals surface area contributed by atoms with E-state index >= 15 is 0 Å². The second kappa shape index (κ2) is 11.1. The Kier molecular flexibility index (Phi) is 8.58. The molecule has 1 aliphatic heterocycles. The number of hydrogen-bond acceptors (Lipinski definition) is 4. The number of carbonyl (C=O) groups is 1. The lowest BCUT2D eigenvalue weighted by molar-refractivity contribution is 0.100. The van der Waals surface area contributed by atoms with E-state index in [9.17, 15) is 4.79 Å². The lowest BCUT2D eigenvalue weighted by Crippen LogP contribution is -2.35. The van der Waals surface area contributed by atoms with Crippen molar-refractivity contribution in [3.8, 4) is 0 Å². The van der Waals surface area contributed by atoms with E-state index in [1.165, 1.54) is 43.2 Å². The second-order valence-corrected chi connectivity index (χ2v) is 9.23. The van der Waals surface area contributed by atoms with Crippen LogP contribution in [0.15, 0.2) is 53.5 Å². The van der Waals surface area contributed by atoms with Crippen molar-refractivity contribution < 1.29 is 4.79 Å². The molecule has 1 saturated carbocycles. The maximum absolute atomic E-state index is 13.1. The third-order valence-corrected chi connectivity index (χ3v) is 7.07. The van der Waals surface area contributed by atoms with Crippen LogP contribution in [0.25, 0.3) is 0 Å². The highest BCUT2D eigenvalue weighted by molar-refractivity contribution is 8.93. The fraction of sp³-hybridized carbons (Fsp3) is 0.440. The number of anilines is 1. The number of nitrogens with zero attached hydrogens (tertiary/aromatic N) is 2. The number of thioether (sulfide) groups is 1. The Balaban J connectivity index is 0.00000256. The van der Waals surface area contributed by atoms with Gasteiger partial charge in [0.1, 0.15) is 0 Å². The Labute approximate surface area is 195 Å². The van der Waals surface area contributed by atoms with Crippen LogP contribution in [-0.4, -0.2) is 29.8 Å². The van der Waals surface area contributed by atoms with Crippen LogP contribution in [0.5, 0.6) is 0 Å². The summed E-state index contributed by atoms with van der Waals surface area (Å²) >= 11 is 1.75. The second-order valence-electron chi connectivity index (χ2n) is 8.17. The summed E-state index contributed by atoms with van der Waals surface area (Å²) in [5.74, 6) is 1.88. The normalized spacial score (nSPS) is 17.0. The monoisotopic (exact) mass is 486 g/mol. The minimum absolute atomic E-state index is 0. The predicted octanol–water partition coefficient (Wildman–Crippen LogP) is 6.80. The van der Waals surface area contributed by atoms with E-state index in [2.05, 4.69) is 48.2 Å². The van der Waals surface area contributed by atoms with Gasteiger partial charge >= 0.3 is 0 Å². The van der Waals surface area contributed by atoms with Gasteiger partial charge in [-0.15, -0.1) is 17.0 Å². The molecular formula is C25H31BrN2OS. The van der Waals surface area contributed by atoms with Gasteiger partial charge in [0.2, 0.25) is 0 Å². The molecule has 2 aliphatic rings. The molecule has 30 heavy (non-hydrogen) atoms. The zero-order valence-corrected chi connectivity index (χ0v) is 20.2. The van der Waals surface area contributed by atoms with E-state index in [1.807, 2.05) is 12.1 Å². The number of rotatable bonds is 5. The van der Waals surface area contributed by atoms with Gasteiger partial charge in [0.05, 0.1) is 6.54 Å². The fourth-order valence-electron chi connectivity index (χ4n) is 4.22. The number of amidine groups is 1. The maximum Gasteiger partial charge on any atom is 0.182 e. The van der Waals surface area contributed by atoms with Crippen molar-refractivity contribution in [2.24, 2.45) is 4.99 Å². The van der Waals surface area contributed by atoms with E-state index < -0.39 is 0 Å². The first-order valence-corrected chi connectivity index (χ1v) is 11.8. The van der Waals surface area contributed by atoms with Crippen molar-refractivity contribution in [2.45, 2.75) is 51.4 Å². The molecule has 5 heteroatoms. The summed E-state index contributed by atoms with van der Waals surface area (Å²) in [6.07, 6.45) is 7.70. The van der Waals surface area contributed by atoms with E-state index in [0.29, 0.717) is 12.5 Å². The largest absolute Gasteiger partial charge is 0.313 e. The van der Waals surface area contributed by atoms with Gasteiger partial charge in [-0.05, 0) is 49.8 Å². The molecule has 0 atom stereocenters. The molecule has 2 aromatic rings. The Morgan fingerprint density at radius 2 is 1.70 bits per heavy atom. The predicted molar refractivity (Wildman–Crippen MR) is 135 cm³/mol. The first-order chi connectivity index (χ1) is 14.2. The molecule has 3 nitrogen and oxygen atoms in total. The van der Waals surface area contributed by atoms with Gasteiger partial charge < -0.3 is 4.90 Å². The van der Waals surface area contributed by atoms with Crippen LogP contribution in [0.4, 0.5) is 5.69 Å². The maximum atomic E-state index is 13.1. The molecule has 4 rings (SSSR count). The average Bonchev–Trinajstić information content (AvgIpc) is 2.79. The summed E-state index contributed by atoms with van der Waals surface area (Å²) in [5, 5.41) is 0.965. The van der Waals surface area contributed by atoms with Crippen molar-refractivity contribution >= 4 is 45.4 Å². The average molecular weight is 488 g/mol. The molecule has 0 N–H and O–H groups in total. The first kappa shape index (κ1) is 23.1. The van der Waals surface area contributed by atoms with Crippen LogP contribution in [0.1, 0.15) is 65.9 Å². The van der Waals surface area contributed by atoms with Crippen molar-refractivity contribution in [1.82, 2.24) is 0 Å². The first-order valence-electron chi connectivity index (χ1n) is 10.9. The van der Waals surface area contributed by atoms with Gasteiger partial charge in [-0.25, -0.2) is 0 Å². The number of benzene rings is 2. The summed E-state index contributed by atoms with van der Waals surface area (Å²) in [6, 6.07) is 16.8. The minimum Gasteiger partial charge on any atom is -0.313 e. The topological polar surface area (TPSA) is 32.7 Å². The summed E-state index contributed by atoms with van der Waals surface area (Å²) < 4.78 is 0. The molecule has 0 spiro atoms. The molecule has 0 radical (unpaired) electrons. The Hall–Kier alpha value is -1.59. The molecule has 0 bridgehead atoms. The zero-order chi connectivity index (χ0) is 20.1. The molecule has 2 aromatic carbocycles. The van der Waals surface area contributed by atoms with Gasteiger partial charge in [0.15, 0.2) is 11.0 Å². The van der Waals surface area contributed by atoms with E-state index in [4.69, 9.17) is 4.99 Å². The van der Waals surface area contributed by atoms with Crippen LogP contribution in [0, 0.1) is 6.92 Å². The number of Topliss-reactive ketones (excluding diaryl/α,β-unsaturated/α-hetero) is 1. The van der Waals surface area contributed by atoms with Gasteiger partial charge in [0.25, 0.3) is 0 Å². The van der Waals surface area contributed by atoms with Crippen LogP contribution in [-0.2, 0) is 0 Å². The van der Waals surface area contributed by atoms with E-state index in [-0.39, 0.29) is 22.8 Å². The van der Waals surface area contributed by atoms with Gasteiger partial charge in [-0.1, -0.05) is 73.0 Å². The van der Waals surface area contributed by atoms with Gasteiger partial charge in [-0.3, -0.25) is 9.79 Å². The molecule has 1 aliphatic carbocycles. The molecule has 0 aromatic heterocycles. The van der Waals surface area contributed by atoms with Gasteiger partial charge in [-0.2, -0.15) is 0 Å². The number of halogens is 1. The summed E-state index contributed by atoms with van der Waals surface area (Å²) in [7, 11) is 0. The number of aryl methyl sites for hydroxylation is 1. The van der Waals surface area contributed by atoms with Gasteiger partial charge in [0, 0.05) is 23.5 Å². The molecule has 160 valence electrons. The molecule has 0 amide bonds. The fourth-order valence-corrected chi connectivity index (χ4v) is 5.18. The minimum atomic E-state index is 0. The third kappa shape index (κ3) is 5.76.